The van der Waals surface area contributed by atoms with Gasteiger partial charge in [-0.3, -0.25) is 9.59 Å². The van der Waals surface area contributed by atoms with Crippen LogP contribution in [0.25, 0.3) is 0 Å². The third-order valence-electron chi connectivity index (χ3n) is 2.44. The highest BCUT2D eigenvalue weighted by atomic mass is 16.4. The van der Waals surface area contributed by atoms with Crippen LogP contribution in [0, 0.1) is 6.92 Å². The van der Waals surface area contributed by atoms with Gasteiger partial charge in [0.2, 0.25) is 0 Å². The normalized spacial score (nSPS) is 11.3. The lowest BCUT2D eigenvalue weighted by atomic mass is 10.2. The molecule has 0 aliphatic rings. The fourth-order valence-electron chi connectivity index (χ4n) is 1.47. The highest BCUT2D eigenvalue weighted by Crippen LogP contribution is 2.00. The van der Waals surface area contributed by atoms with Gasteiger partial charge in [0.25, 0.3) is 5.91 Å². The summed E-state index contributed by atoms with van der Waals surface area (Å²) >= 11 is 0. The number of hydrogen-bond donors (Lipinski definition) is 3. The van der Waals surface area contributed by atoms with Crippen molar-refractivity contribution in [1.29, 1.82) is 0 Å². The van der Waals surface area contributed by atoms with E-state index in [0.29, 0.717) is 12.2 Å². The van der Waals surface area contributed by atoms with Crippen molar-refractivity contribution in [3.05, 3.63) is 33.7 Å². The summed E-state index contributed by atoms with van der Waals surface area (Å²) in [4.78, 5) is 27.9. The molecule has 0 atom stereocenters. The number of likely N-dealkylation sites (N-methyl/N-ethyl adjacent to an activating group) is 1. The van der Waals surface area contributed by atoms with Crippen LogP contribution in [-0.2, 0) is 0 Å². The smallest absolute Gasteiger partial charge is 0.259 e. The minimum absolute atomic E-state index is 0.0286. The SMILES string of the molecule is CCN(CC(N)=NO)C(=O)c1c[nH]c(C)cc1=O. The van der Waals surface area contributed by atoms with Gasteiger partial charge in [0.05, 0.1) is 6.54 Å². The Balaban J connectivity index is 3.00. The highest BCUT2D eigenvalue weighted by Gasteiger charge is 2.18. The van der Waals surface area contributed by atoms with E-state index in [9.17, 15) is 9.59 Å². The first kappa shape index (κ1) is 13.8. The maximum Gasteiger partial charge on any atom is 0.259 e. The second-order valence-corrected chi connectivity index (χ2v) is 3.80. The summed E-state index contributed by atoms with van der Waals surface area (Å²) in [5.41, 5.74) is 5.71. The number of nitrogens with zero attached hydrogens (tertiary/aromatic N) is 2. The summed E-state index contributed by atoms with van der Waals surface area (Å²) in [7, 11) is 0. The molecule has 1 heterocycles. The molecular weight excluding hydrogens is 236 g/mol. The number of oxime groups is 1. The number of aromatic nitrogens is 1. The number of aryl methyl sites for hydroxylation is 1. The van der Waals surface area contributed by atoms with Crippen molar-refractivity contribution in [3.8, 4) is 0 Å². The summed E-state index contributed by atoms with van der Waals surface area (Å²) in [5.74, 6) is -0.543. The van der Waals surface area contributed by atoms with Gasteiger partial charge in [0, 0.05) is 24.5 Å². The van der Waals surface area contributed by atoms with E-state index in [2.05, 4.69) is 10.1 Å². The molecule has 0 aliphatic carbocycles. The number of pyridine rings is 1. The van der Waals surface area contributed by atoms with Gasteiger partial charge < -0.3 is 20.8 Å². The quantitative estimate of drug-likeness (QED) is 0.300. The Bertz CT molecular complexity index is 521. The number of rotatable bonds is 4. The molecule has 4 N–H and O–H groups in total. The van der Waals surface area contributed by atoms with Crippen molar-refractivity contribution in [3.63, 3.8) is 0 Å². The molecule has 0 aliphatic heterocycles. The number of amidine groups is 1. The standard InChI is InChI=1S/C11H16N4O3/c1-3-15(6-10(12)14-18)11(17)8-5-13-7(2)4-9(8)16/h4-5,18H,3,6H2,1-2H3,(H2,12,14)(H,13,16). The molecule has 0 radical (unpaired) electrons. The van der Waals surface area contributed by atoms with Gasteiger partial charge in [-0.25, -0.2) is 0 Å². The molecule has 0 unspecified atom stereocenters. The molecule has 0 aromatic carbocycles. The van der Waals surface area contributed by atoms with Crippen LogP contribution >= 0.6 is 0 Å². The summed E-state index contributed by atoms with van der Waals surface area (Å²) in [5, 5.41) is 11.3. The molecule has 7 heteroatoms. The molecule has 0 saturated carbocycles. The fourth-order valence-corrected chi connectivity index (χ4v) is 1.47. The second-order valence-electron chi connectivity index (χ2n) is 3.80. The molecule has 98 valence electrons. The molecule has 1 rings (SSSR count). The van der Waals surface area contributed by atoms with Gasteiger partial charge in [-0.05, 0) is 13.8 Å². The second kappa shape index (κ2) is 5.85. The van der Waals surface area contributed by atoms with Crippen LogP contribution in [-0.4, -0.2) is 39.9 Å². The van der Waals surface area contributed by atoms with Gasteiger partial charge in [-0.1, -0.05) is 5.16 Å². The Hall–Kier alpha value is -2.31. The van der Waals surface area contributed by atoms with Gasteiger partial charge in [-0.2, -0.15) is 0 Å². The number of nitrogens with one attached hydrogen (secondary N) is 1. The number of nitrogens with two attached hydrogens (primary N) is 1. The van der Waals surface area contributed by atoms with E-state index in [1.165, 1.54) is 17.2 Å². The largest absolute Gasteiger partial charge is 0.409 e. The van der Waals surface area contributed by atoms with E-state index < -0.39 is 5.91 Å². The van der Waals surface area contributed by atoms with E-state index in [4.69, 9.17) is 10.9 Å². The number of amides is 1. The fraction of sp³-hybridized carbons (Fsp3) is 0.364. The molecule has 7 nitrogen and oxygen atoms in total. The summed E-state index contributed by atoms with van der Waals surface area (Å²) in [6.07, 6.45) is 1.37. The van der Waals surface area contributed by atoms with Crippen molar-refractivity contribution in [1.82, 2.24) is 9.88 Å². The first-order chi connectivity index (χ1) is 8.49. The summed E-state index contributed by atoms with van der Waals surface area (Å²) in [6.45, 7) is 3.79. The average molecular weight is 252 g/mol. The molecule has 0 spiro atoms. The molecule has 0 saturated heterocycles. The Morgan fingerprint density at radius 1 is 1.61 bits per heavy atom. The Labute approximate surface area is 104 Å². The Morgan fingerprint density at radius 3 is 2.78 bits per heavy atom. The van der Waals surface area contributed by atoms with Crippen LogP contribution in [0.2, 0.25) is 0 Å². The molecular formula is C11H16N4O3. The number of aromatic amines is 1. The lowest BCUT2D eigenvalue weighted by Crippen LogP contribution is -2.40. The van der Waals surface area contributed by atoms with Crippen molar-refractivity contribution < 1.29 is 10.0 Å². The van der Waals surface area contributed by atoms with E-state index >= 15 is 0 Å². The summed E-state index contributed by atoms with van der Waals surface area (Å²) < 4.78 is 0. The van der Waals surface area contributed by atoms with Gasteiger partial charge in [-0.15, -0.1) is 0 Å². The maximum absolute atomic E-state index is 12.1. The van der Waals surface area contributed by atoms with Crippen molar-refractivity contribution >= 4 is 11.7 Å². The lowest BCUT2D eigenvalue weighted by molar-refractivity contribution is 0.0784. The van der Waals surface area contributed by atoms with E-state index in [1.807, 2.05) is 0 Å². The molecule has 1 aromatic rings. The van der Waals surface area contributed by atoms with Crippen molar-refractivity contribution in [2.45, 2.75) is 13.8 Å². The van der Waals surface area contributed by atoms with Crippen LogP contribution in [0.1, 0.15) is 23.0 Å². The minimum atomic E-state index is -0.453. The van der Waals surface area contributed by atoms with Crippen molar-refractivity contribution in [2.24, 2.45) is 10.9 Å². The molecule has 18 heavy (non-hydrogen) atoms. The molecule has 0 bridgehead atoms. The van der Waals surface area contributed by atoms with Crippen LogP contribution < -0.4 is 11.2 Å². The monoisotopic (exact) mass is 252 g/mol. The Kier molecular flexibility index (Phi) is 4.47. The van der Waals surface area contributed by atoms with E-state index in [-0.39, 0.29) is 23.4 Å². The van der Waals surface area contributed by atoms with Gasteiger partial charge in [0.15, 0.2) is 11.3 Å². The lowest BCUT2D eigenvalue weighted by Gasteiger charge is -2.19. The van der Waals surface area contributed by atoms with E-state index in [1.54, 1.807) is 13.8 Å². The van der Waals surface area contributed by atoms with Crippen LogP contribution in [0.5, 0.6) is 0 Å². The zero-order chi connectivity index (χ0) is 13.7. The van der Waals surface area contributed by atoms with Crippen molar-refractivity contribution in [2.75, 3.05) is 13.1 Å². The zero-order valence-electron chi connectivity index (χ0n) is 10.3. The number of hydrogen-bond acceptors (Lipinski definition) is 4. The minimum Gasteiger partial charge on any atom is -0.409 e. The maximum atomic E-state index is 12.1. The van der Waals surface area contributed by atoms with Gasteiger partial charge >= 0.3 is 0 Å². The molecule has 0 fully saturated rings. The molecule has 1 aromatic heterocycles. The first-order valence-electron chi connectivity index (χ1n) is 5.44. The zero-order valence-corrected chi connectivity index (χ0v) is 10.3. The first-order valence-corrected chi connectivity index (χ1v) is 5.44. The molecule has 1 amide bonds. The Morgan fingerprint density at radius 2 is 2.28 bits per heavy atom. The predicted molar refractivity (Wildman–Crippen MR) is 66.8 cm³/mol. The van der Waals surface area contributed by atoms with Crippen LogP contribution in [0.4, 0.5) is 0 Å². The van der Waals surface area contributed by atoms with Crippen LogP contribution in [0.3, 0.4) is 0 Å². The topological polar surface area (TPSA) is 112 Å². The van der Waals surface area contributed by atoms with Gasteiger partial charge in [0.1, 0.15) is 5.56 Å². The third kappa shape index (κ3) is 3.09. The van der Waals surface area contributed by atoms with E-state index in [0.717, 1.165) is 0 Å². The highest BCUT2D eigenvalue weighted by molar-refractivity contribution is 5.96. The summed E-state index contributed by atoms with van der Waals surface area (Å²) in [6, 6.07) is 1.35. The number of carbonyl (C=O) groups excluding carboxylic acids is 1. The average Bonchev–Trinajstić information content (AvgIpc) is 2.34. The number of carbonyl (C=O) groups is 1. The predicted octanol–water partition coefficient (Wildman–Crippen LogP) is -0.108. The third-order valence-corrected chi connectivity index (χ3v) is 2.44. The van der Waals surface area contributed by atoms with Crippen LogP contribution in [0.15, 0.2) is 22.2 Å². The number of H-pyrrole nitrogens is 1.